The van der Waals surface area contributed by atoms with Gasteiger partial charge in [0.2, 0.25) is 0 Å². The van der Waals surface area contributed by atoms with Crippen molar-refractivity contribution in [1.29, 1.82) is 0 Å². The zero-order valence-corrected chi connectivity index (χ0v) is 13.3. The molecular weight excluding hydrogens is 236 g/mol. The highest BCUT2D eigenvalue weighted by atomic mass is 32.3. The molecule has 0 nitrogen and oxygen atoms in total. The van der Waals surface area contributed by atoms with Gasteiger partial charge < -0.3 is 0 Å². The molecule has 0 aliphatic rings. The summed E-state index contributed by atoms with van der Waals surface area (Å²) in [7, 11) is -1.01. The van der Waals surface area contributed by atoms with Crippen LogP contribution in [0.4, 0.5) is 0 Å². The van der Waals surface area contributed by atoms with Gasteiger partial charge in [-0.05, 0) is 46.8 Å². The third-order valence-corrected chi connectivity index (χ3v) is 8.51. The summed E-state index contributed by atoms with van der Waals surface area (Å²) in [6.45, 7) is 11.3. The molecule has 1 atom stereocenters. The van der Waals surface area contributed by atoms with Crippen molar-refractivity contribution in [3.63, 3.8) is 0 Å². The molecule has 1 rings (SSSR count). The molecule has 0 heterocycles. The third-order valence-electron chi connectivity index (χ3n) is 3.53. The monoisotopic (exact) mass is 262 g/mol. The first-order chi connectivity index (χ1) is 8.37. The lowest BCUT2D eigenvalue weighted by molar-refractivity contribution is 0.787. The molecule has 1 heteroatoms. The van der Waals surface area contributed by atoms with Crippen LogP contribution in [0, 0.1) is 0 Å². The molecule has 100 valence electrons. The lowest BCUT2D eigenvalue weighted by atomic mass is 10.3. The summed E-state index contributed by atoms with van der Waals surface area (Å²) in [6.07, 6.45) is 9.12. The van der Waals surface area contributed by atoms with Crippen LogP contribution in [0.1, 0.15) is 34.6 Å². The van der Waals surface area contributed by atoms with Crippen LogP contribution in [0.25, 0.3) is 0 Å². The Morgan fingerprint density at radius 3 is 2.00 bits per heavy atom. The van der Waals surface area contributed by atoms with Crippen molar-refractivity contribution in [2.75, 3.05) is 6.26 Å². The minimum atomic E-state index is -1.01. The Bertz CT molecular complexity index is 434. The maximum Gasteiger partial charge on any atom is -0.000794 e. The molecule has 1 aromatic rings. The van der Waals surface area contributed by atoms with Crippen LogP contribution >= 0.6 is 10.0 Å². The molecule has 0 aromatic heterocycles. The second kappa shape index (κ2) is 5.79. The van der Waals surface area contributed by atoms with E-state index in [-0.39, 0.29) is 4.75 Å². The molecule has 18 heavy (non-hydrogen) atoms. The van der Waals surface area contributed by atoms with Gasteiger partial charge in [-0.15, -0.1) is 0 Å². The van der Waals surface area contributed by atoms with Crippen LogP contribution < -0.4 is 0 Å². The maximum atomic E-state index is 2.43. The van der Waals surface area contributed by atoms with Gasteiger partial charge in [-0.25, -0.2) is 0 Å². The second-order valence-electron chi connectivity index (χ2n) is 5.54. The smallest absolute Gasteiger partial charge is 0.000794 e. The summed E-state index contributed by atoms with van der Waals surface area (Å²) < 4.78 is 0.246. The third kappa shape index (κ3) is 2.72. The molecule has 0 radical (unpaired) electrons. The first-order valence-corrected chi connectivity index (χ1v) is 8.54. The standard InChI is InChI=1S/C17H26S/c1-7-12-15(8-2)18(6,17(3,4)5)16-13-10-9-11-14-16/h7-14H,1-6H3/b12-7-,15-8+. The van der Waals surface area contributed by atoms with Gasteiger partial charge >= 0.3 is 0 Å². The van der Waals surface area contributed by atoms with Crippen LogP contribution in [0.15, 0.2) is 58.4 Å². The zero-order chi connectivity index (χ0) is 13.8. The largest absolute Gasteiger partial charge is 0.186 e. The Labute approximate surface area is 114 Å². The summed E-state index contributed by atoms with van der Waals surface area (Å²) >= 11 is 0. The van der Waals surface area contributed by atoms with E-state index in [1.54, 1.807) is 0 Å². The van der Waals surface area contributed by atoms with Gasteiger partial charge in [-0.1, -0.05) is 57.2 Å². The van der Waals surface area contributed by atoms with E-state index in [4.69, 9.17) is 0 Å². The van der Waals surface area contributed by atoms with E-state index in [0.717, 1.165) is 0 Å². The predicted octanol–water partition coefficient (Wildman–Crippen LogP) is 5.76. The SMILES string of the molecule is C/C=C\C(=C/C)S(C)(c1ccccc1)C(C)(C)C. The normalized spacial score (nSPS) is 18.7. The van der Waals surface area contributed by atoms with Crippen LogP contribution in [0.2, 0.25) is 0 Å². The van der Waals surface area contributed by atoms with Crippen molar-refractivity contribution in [2.24, 2.45) is 0 Å². The molecule has 0 bridgehead atoms. The highest BCUT2D eigenvalue weighted by molar-refractivity contribution is 8.37. The fraction of sp³-hybridized carbons (Fsp3) is 0.412. The Hall–Kier alpha value is -0.950. The van der Waals surface area contributed by atoms with Gasteiger partial charge in [0.05, 0.1) is 0 Å². The molecular formula is C17H26S. The lowest BCUT2D eigenvalue weighted by Crippen LogP contribution is -2.25. The number of hydrogen-bond acceptors (Lipinski definition) is 0. The molecule has 1 aromatic carbocycles. The summed E-state index contributed by atoms with van der Waals surface area (Å²) in [5.41, 5.74) is 0. The Morgan fingerprint density at radius 1 is 1.06 bits per heavy atom. The predicted molar refractivity (Wildman–Crippen MR) is 86.5 cm³/mol. The molecule has 0 aliphatic heterocycles. The minimum Gasteiger partial charge on any atom is -0.186 e. The molecule has 0 aliphatic carbocycles. The average molecular weight is 262 g/mol. The lowest BCUT2D eigenvalue weighted by Gasteiger charge is -2.49. The van der Waals surface area contributed by atoms with Gasteiger partial charge in [0.15, 0.2) is 0 Å². The topological polar surface area (TPSA) is 0 Å². The molecule has 0 fully saturated rings. The summed E-state index contributed by atoms with van der Waals surface area (Å²) in [6, 6.07) is 10.9. The van der Waals surface area contributed by atoms with E-state index < -0.39 is 10.0 Å². The first kappa shape index (κ1) is 15.1. The maximum absolute atomic E-state index is 2.43. The molecule has 1 unspecified atom stereocenters. The number of benzene rings is 1. The van der Waals surface area contributed by atoms with Gasteiger partial charge in [0.1, 0.15) is 0 Å². The van der Waals surface area contributed by atoms with E-state index in [2.05, 4.69) is 89.4 Å². The van der Waals surface area contributed by atoms with Crippen LogP contribution in [0.3, 0.4) is 0 Å². The Balaban J connectivity index is 3.47. The summed E-state index contributed by atoms with van der Waals surface area (Å²) in [5, 5.41) is 0. The zero-order valence-electron chi connectivity index (χ0n) is 12.5. The van der Waals surface area contributed by atoms with Crippen LogP contribution in [-0.4, -0.2) is 11.0 Å². The molecule has 0 N–H and O–H groups in total. The van der Waals surface area contributed by atoms with Crippen molar-refractivity contribution in [2.45, 2.75) is 44.3 Å². The Kier molecular flexibility index (Phi) is 4.86. The van der Waals surface area contributed by atoms with E-state index >= 15 is 0 Å². The van der Waals surface area contributed by atoms with E-state index in [1.807, 2.05) is 0 Å². The van der Waals surface area contributed by atoms with E-state index in [0.29, 0.717) is 0 Å². The molecule has 0 saturated heterocycles. The Morgan fingerprint density at radius 2 is 1.61 bits per heavy atom. The van der Waals surface area contributed by atoms with Gasteiger partial charge in [-0.2, -0.15) is 10.0 Å². The second-order valence-corrected chi connectivity index (χ2v) is 9.54. The quantitative estimate of drug-likeness (QED) is 0.608. The van der Waals surface area contributed by atoms with E-state index in [1.165, 1.54) is 9.80 Å². The van der Waals surface area contributed by atoms with Gasteiger partial charge in [-0.3, -0.25) is 0 Å². The van der Waals surface area contributed by atoms with Crippen molar-refractivity contribution in [1.82, 2.24) is 0 Å². The minimum absolute atomic E-state index is 0.246. The fourth-order valence-corrected chi connectivity index (χ4v) is 5.44. The molecule has 0 amide bonds. The van der Waals surface area contributed by atoms with Crippen molar-refractivity contribution < 1.29 is 0 Å². The van der Waals surface area contributed by atoms with Gasteiger partial charge in [0.25, 0.3) is 0 Å². The molecule has 0 saturated carbocycles. The highest BCUT2D eigenvalue weighted by Gasteiger charge is 2.35. The number of rotatable bonds is 3. The van der Waals surface area contributed by atoms with E-state index in [9.17, 15) is 0 Å². The average Bonchev–Trinajstić information content (AvgIpc) is 2.34. The summed E-state index contributed by atoms with van der Waals surface area (Å²) in [5.74, 6) is 0. The van der Waals surface area contributed by atoms with Crippen molar-refractivity contribution in [3.05, 3.63) is 53.5 Å². The number of allylic oxidation sites excluding steroid dienone is 3. The van der Waals surface area contributed by atoms with Crippen molar-refractivity contribution in [3.8, 4) is 0 Å². The van der Waals surface area contributed by atoms with Gasteiger partial charge in [0, 0.05) is 0 Å². The van der Waals surface area contributed by atoms with Crippen LogP contribution in [0.5, 0.6) is 0 Å². The fourth-order valence-electron chi connectivity index (χ4n) is 2.17. The highest BCUT2D eigenvalue weighted by Crippen LogP contribution is 2.68. The first-order valence-electron chi connectivity index (χ1n) is 6.50. The number of hydrogen-bond donors (Lipinski definition) is 0. The van der Waals surface area contributed by atoms with Crippen molar-refractivity contribution >= 4 is 10.0 Å². The van der Waals surface area contributed by atoms with Crippen LogP contribution in [-0.2, 0) is 0 Å². The summed E-state index contributed by atoms with van der Waals surface area (Å²) in [4.78, 5) is 2.92. The molecule has 0 spiro atoms.